The Labute approximate surface area is 115 Å². The molecular formula is C13H14ClFN4. The highest BCUT2D eigenvalue weighted by atomic mass is 35.5. The van der Waals surface area contributed by atoms with Gasteiger partial charge in [-0.25, -0.2) is 4.39 Å². The molecule has 1 aromatic carbocycles. The summed E-state index contributed by atoms with van der Waals surface area (Å²) in [6.45, 7) is 7.62. The highest BCUT2D eigenvalue weighted by Gasteiger charge is 2.36. The number of benzene rings is 1. The van der Waals surface area contributed by atoms with E-state index in [1.165, 1.54) is 0 Å². The summed E-state index contributed by atoms with van der Waals surface area (Å²) >= 11 is 5.93. The van der Waals surface area contributed by atoms with Crippen LogP contribution in [0.5, 0.6) is 0 Å². The summed E-state index contributed by atoms with van der Waals surface area (Å²) in [6, 6.07) is 1.62. The summed E-state index contributed by atoms with van der Waals surface area (Å²) in [7, 11) is 0. The maximum absolute atomic E-state index is 14.3. The predicted molar refractivity (Wildman–Crippen MR) is 72.4 cm³/mol. The van der Waals surface area contributed by atoms with E-state index in [2.05, 4.69) is 15.5 Å². The van der Waals surface area contributed by atoms with Crippen molar-refractivity contribution in [1.82, 2.24) is 14.8 Å². The lowest BCUT2D eigenvalue weighted by Gasteiger charge is -2.34. The van der Waals surface area contributed by atoms with Crippen molar-refractivity contribution in [3.8, 4) is 5.69 Å². The minimum Gasteiger partial charge on any atom is -0.369 e. The molecule has 0 unspecified atom stereocenters. The van der Waals surface area contributed by atoms with Gasteiger partial charge >= 0.3 is 0 Å². The Morgan fingerprint density at radius 1 is 1.32 bits per heavy atom. The van der Waals surface area contributed by atoms with Crippen LogP contribution < -0.4 is 5.32 Å². The average molecular weight is 281 g/mol. The van der Waals surface area contributed by atoms with Gasteiger partial charge in [-0.15, -0.1) is 10.2 Å². The monoisotopic (exact) mass is 280 g/mol. The zero-order valence-electron chi connectivity index (χ0n) is 11.2. The number of rotatable bonds is 0. The number of nitrogens with one attached hydrogen (secondary N) is 1. The van der Waals surface area contributed by atoms with Gasteiger partial charge in [-0.2, -0.15) is 0 Å². The first-order valence-electron chi connectivity index (χ1n) is 6.02. The summed E-state index contributed by atoms with van der Waals surface area (Å²) in [5.41, 5.74) is 1.52. The van der Waals surface area contributed by atoms with E-state index >= 15 is 0 Å². The van der Waals surface area contributed by atoms with E-state index in [0.717, 1.165) is 22.9 Å². The van der Waals surface area contributed by atoms with Gasteiger partial charge in [-0.3, -0.25) is 4.57 Å². The summed E-state index contributed by atoms with van der Waals surface area (Å²) in [4.78, 5) is 0. The fourth-order valence-corrected chi connectivity index (χ4v) is 2.81. The molecule has 6 heteroatoms. The lowest BCUT2D eigenvalue weighted by molar-refractivity contribution is 0.521. The maximum atomic E-state index is 14.3. The Balaban J connectivity index is 2.44. The summed E-state index contributed by atoms with van der Waals surface area (Å²) < 4.78 is 16.2. The fourth-order valence-electron chi connectivity index (χ4n) is 2.55. The number of halogens is 2. The molecule has 2 heterocycles. The van der Waals surface area contributed by atoms with E-state index in [4.69, 9.17) is 11.6 Å². The second-order valence-corrected chi connectivity index (χ2v) is 5.78. The van der Waals surface area contributed by atoms with Crippen LogP contribution in [0.3, 0.4) is 0 Å². The van der Waals surface area contributed by atoms with E-state index in [9.17, 15) is 4.39 Å². The van der Waals surface area contributed by atoms with E-state index in [1.807, 2.05) is 32.3 Å². The molecule has 0 bridgehead atoms. The third kappa shape index (κ3) is 1.57. The highest BCUT2D eigenvalue weighted by molar-refractivity contribution is 6.31. The number of aryl methyl sites for hydroxylation is 2. The first-order chi connectivity index (χ1) is 8.83. The number of fused-ring (bicyclic) bond motifs is 3. The van der Waals surface area contributed by atoms with E-state index in [-0.39, 0.29) is 5.02 Å². The van der Waals surface area contributed by atoms with Crippen LogP contribution in [0.4, 0.5) is 10.1 Å². The van der Waals surface area contributed by atoms with Gasteiger partial charge in [0.15, 0.2) is 11.6 Å². The van der Waals surface area contributed by atoms with Crippen LogP contribution in [-0.4, -0.2) is 14.8 Å². The van der Waals surface area contributed by atoms with Crippen molar-refractivity contribution in [2.24, 2.45) is 0 Å². The van der Waals surface area contributed by atoms with Gasteiger partial charge < -0.3 is 5.32 Å². The first kappa shape index (κ1) is 12.4. The van der Waals surface area contributed by atoms with Crippen molar-refractivity contribution in [2.45, 2.75) is 33.2 Å². The molecule has 4 nitrogen and oxygen atoms in total. The normalized spacial score (nSPS) is 15.7. The van der Waals surface area contributed by atoms with Crippen molar-refractivity contribution >= 4 is 17.3 Å². The topological polar surface area (TPSA) is 42.7 Å². The van der Waals surface area contributed by atoms with Gasteiger partial charge in [0.25, 0.3) is 0 Å². The molecule has 1 aliphatic rings. The Kier molecular flexibility index (Phi) is 2.41. The van der Waals surface area contributed by atoms with Crippen LogP contribution in [0.25, 0.3) is 5.69 Å². The lowest BCUT2D eigenvalue weighted by atomic mass is 9.98. The predicted octanol–water partition coefficient (Wildman–Crippen LogP) is 3.34. The van der Waals surface area contributed by atoms with E-state index in [1.54, 1.807) is 6.07 Å². The molecule has 0 radical (unpaired) electrons. The summed E-state index contributed by atoms with van der Waals surface area (Å²) in [6.07, 6.45) is 0. The molecule has 0 amide bonds. The third-order valence-electron chi connectivity index (χ3n) is 3.43. The van der Waals surface area contributed by atoms with Crippen LogP contribution in [0, 0.1) is 19.7 Å². The second-order valence-electron chi connectivity index (χ2n) is 5.37. The minimum atomic E-state index is -0.508. The zero-order valence-corrected chi connectivity index (χ0v) is 11.9. The molecule has 0 spiro atoms. The van der Waals surface area contributed by atoms with Crippen molar-refractivity contribution in [1.29, 1.82) is 0 Å². The Morgan fingerprint density at radius 2 is 2.00 bits per heavy atom. The number of anilines is 1. The Bertz CT molecular complexity index is 690. The smallest absolute Gasteiger partial charge is 0.167 e. The van der Waals surface area contributed by atoms with Crippen molar-refractivity contribution in [3.63, 3.8) is 0 Å². The Morgan fingerprint density at radius 3 is 2.68 bits per heavy atom. The van der Waals surface area contributed by atoms with Crippen molar-refractivity contribution in [2.75, 3.05) is 5.32 Å². The number of hydrogen-bond acceptors (Lipinski definition) is 3. The number of aromatic nitrogens is 3. The van der Waals surface area contributed by atoms with Crippen LogP contribution in [0.2, 0.25) is 5.02 Å². The largest absolute Gasteiger partial charge is 0.369 e. The van der Waals surface area contributed by atoms with Crippen molar-refractivity contribution in [3.05, 3.63) is 34.1 Å². The maximum Gasteiger partial charge on any atom is 0.167 e. The van der Waals surface area contributed by atoms with E-state index in [0.29, 0.717) is 5.69 Å². The lowest BCUT2D eigenvalue weighted by Crippen LogP contribution is -2.36. The van der Waals surface area contributed by atoms with Crippen LogP contribution in [0.1, 0.15) is 31.1 Å². The molecule has 0 saturated heterocycles. The minimum absolute atomic E-state index is 0.119. The second kappa shape index (κ2) is 3.70. The van der Waals surface area contributed by atoms with Crippen molar-refractivity contribution < 1.29 is 4.39 Å². The molecular weight excluding hydrogens is 267 g/mol. The molecule has 0 saturated carbocycles. The molecule has 19 heavy (non-hydrogen) atoms. The number of nitrogens with zero attached hydrogens (tertiary/aromatic N) is 3. The molecule has 1 aromatic heterocycles. The van der Waals surface area contributed by atoms with Gasteiger partial charge in [0.05, 0.1) is 21.9 Å². The standard InChI is InChI=1S/C13H14ClFN4/c1-6-5-8(14)9(15)10-11(6)19-7(2)17-18-12(19)13(3,4)16-10/h5,16H,1-4H3. The molecule has 0 fully saturated rings. The highest BCUT2D eigenvalue weighted by Crippen LogP contribution is 2.41. The van der Waals surface area contributed by atoms with Crippen LogP contribution in [0.15, 0.2) is 6.07 Å². The van der Waals surface area contributed by atoms with Gasteiger partial charge in [-0.1, -0.05) is 11.6 Å². The molecule has 2 aromatic rings. The fraction of sp³-hybridized carbons (Fsp3) is 0.385. The van der Waals surface area contributed by atoms with Crippen LogP contribution in [-0.2, 0) is 5.54 Å². The van der Waals surface area contributed by atoms with E-state index < -0.39 is 11.4 Å². The van der Waals surface area contributed by atoms with Gasteiger partial charge in [-0.05, 0) is 39.3 Å². The molecule has 1 N–H and O–H groups in total. The quantitative estimate of drug-likeness (QED) is 0.805. The summed E-state index contributed by atoms with van der Waals surface area (Å²) in [5, 5.41) is 11.6. The SMILES string of the molecule is Cc1cc(Cl)c(F)c2c1-n1c(C)nnc1C(C)(C)N2. The molecule has 100 valence electrons. The molecule has 3 rings (SSSR count). The van der Waals surface area contributed by atoms with Gasteiger partial charge in [0.2, 0.25) is 0 Å². The first-order valence-corrected chi connectivity index (χ1v) is 6.40. The molecule has 0 aliphatic carbocycles. The number of hydrogen-bond donors (Lipinski definition) is 1. The van der Waals surface area contributed by atoms with Gasteiger partial charge in [0.1, 0.15) is 5.82 Å². The van der Waals surface area contributed by atoms with Crippen LogP contribution >= 0.6 is 11.6 Å². The molecule has 1 aliphatic heterocycles. The zero-order chi connectivity index (χ0) is 13.9. The molecule has 0 atom stereocenters. The summed E-state index contributed by atoms with van der Waals surface area (Å²) in [5.74, 6) is 1.06. The Hall–Kier alpha value is -1.62. The van der Waals surface area contributed by atoms with Gasteiger partial charge in [0, 0.05) is 0 Å². The average Bonchev–Trinajstić information content (AvgIpc) is 2.69. The third-order valence-corrected chi connectivity index (χ3v) is 3.70.